The van der Waals surface area contributed by atoms with Crippen LogP contribution in [-0.2, 0) is 14.4 Å². The largest absolute Gasteiger partial charge is 0.479 e. The second kappa shape index (κ2) is 5.42. The van der Waals surface area contributed by atoms with Crippen molar-refractivity contribution in [2.45, 2.75) is 0 Å². The highest BCUT2D eigenvalue weighted by Crippen LogP contribution is 2.25. The van der Waals surface area contributed by atoms with E-state index in [2.05, 4.69) is 15.0 Å². The van der Waals surface area contributed by atoms with Crippen LogP contribution in [0.3, 0.4) is 0 Å². The van der Waals surface area contributed by atoms with Crippen molar-refractivity contribution >= 4 is 46.0 Å². The Morgan fingerprint density at radius 3 is 2.88 bits per heavy atom. The molecule has 0 aliphatic heterocycles. The lowest BCUT2D eigenvalue weighted by molar-refractivity contribution is -0.142. The third kappa shape index (κ3) is 3.17. The Labute approximate surface area is 98.5 Å². The van der Waals surface area contributed by atoms with Gasteiger partial charge in [-0.15, -0.1) is 0 Å². The molecule has 7 nitrogen and oxygen atoms in total. The van der Waals surface area contributed by atoms with Gasteiger partial charge in [0.1, 0.15) is 10.0 Å². The molecule has 86 valence electrons. The number of nitrogens with two attached hydrogens (primary N) is 1. The Kier molecular flexibility index (Phi) is 4.20. The van der Waals surface area contributed by atoms with E-state index in [4.69, 9.17) is 22.4 Å². The van der Waals surface area contributed by atoms with E-state index < -0.39 is 12.6 Å². The van der Waals surface area contributed by atoms with Crippen LogP contribution in [0.25, 0.3) is 0 Å². The highest BCUT2D eigenvalue weighted by molar-refractivity contribution is 7.19. The molecule has 0 bridgehead atoms. The lowest BCUT2D eigenvalue weighted by Gasteiger charge is -1.96. The van der Waals surface area contributed by atoms with Crippen LogP contribution < -0.4 is 5.73 Å². The molecule has 0 aromatic carbocycles. The van der Waals surface area contributed by atoms with Crippen molar-refractivity contribution in [1.82, 2.24) is 4.98 Å². The maximum Gasteiger partial charge on any atom is 0.344 e. The van der Waals surface area contributed by atoms with Gasteiger partial charge in [0.2, 0.25) is 6.61 Å². The van der Waals surface area contributed by atoms with Gasteiger partial charge in [-0.3, -0.25) is 4.79 Å². The summed E-state index contributed by atoms with van der Waals surface area (Å²) in [6.45, 7) is -0.658. The van der Waals surface area contributed by atoms with E-state index >= 15 is 0 Å². The number of carboxylic acids is 1. The number of nitrogens with zero attached hydrogens (tertiary/aromatic N) is 2. The predicted molar refractivity (Wildman–Crippen MR) is 57.7 cm³/mol. The second-order valence-corrected chi connectivity index (χ2v) is 4.07. The Balaban J connectivity index is 2.85. The zero-order chi connectivity index (χ0) is 12.1. The van der Waals surface area contributed by atoms with Crippen LogP contribution in [-0.4, -0.2) is 34.7 Å². The van der Waals surface area contributed by atoms with Crippen molar-refractivity contribution in [2.24, 2.45) is 5.16 Å². The number of anilines is 1. The molecule has 0 saturated heterocycles. The molecule has 0 saturated carbocycles. The molecular weight excluding hydrogens is 258 g/mol. The van der Waals surface area contributed by atoms with Gasteiger partial charge >= 0.3 is 5.97 Å². The molecule has 1 aromatic heterocycles. The Morgan fingerprint density at radius 1 is 1.75 bits per heavy atom. The van der Waals surface area contributed by atoms with Crippen molar-refractivity contribution in [3.63, 3.8) is 0 Å². The van der Waals surface area contributed by atoms with Crippen LogP contribution in [0.4, 0.5) is 5.13 Å². The lowest BCUT2D eigenvalue weighted by atomic mass is 10.3. The van der Waals surface area contributed by atoms with Crippen molar-refractivity contribution < 1.29 is 19.5 Å². The summed E-state index contributed by atoms with van der Waals surface area (Å²) in [6, 6.07) is 0. The Hall–Kier alpha value is -1.67. The number of carbonyl (C=O) groups is 2. The minimum absolute atomic E-state index is 0.0737. The van der Waals surface area contributed by atoms with Crippen LogP contribution in [0.15, 0.2) is 5.16 Å². The normalized spacial score (nSPS) is 11.2. The van der Waals surface area contributed by atoms with Gasteiger partial charge in [0, 0.05) is 0 Å². The van der Waals surface area contributed by atoms with Gasteiger partial charge in [-0.1, -0.05) is 28.1 Å². The minimum atomic E-state index is -1.21. The maximum absolute atomic E-state index is 10.6. The number of rotatable bonds is 5. The Bertz CT molecular complexity index is 445. The van der Waals surface area contributed by atoms with Gasteiger partial charge in [-0.25, -0.2) is 9.78 Å². The molecule has 16 heavy (non-hydrogen) atoms. The fourth-order valence-electron chi connectivity index (χ4n) is 0.753. The van der Waals surface area contributed by atoms with Gasteiger partial charge in [-0.05, 0) is 0 Å². The summed E-state index contributed by atoms with van der Waals surface area (Å²) in [5, 5.41) is 11.8. The summed E-state index contributed by atoms with van der Waals surface area (Å²) < 4.78 is 0.183. The molecule has 0 atom stereocenters. The molecule has 1 heterocycles. The van der Waals surface area contributed by atoms with Gasteiger partial charge < -0.3 is 15.7 Å². The van der Waals surface area contributed by atoms with E-state index in [1.54, 1.807) is 0 Å². The monoisotopic (exact) mass is 263 g/mol. The molecule has 1 rings (SSSR count). The zero-order valence-corrected chi connectivity index (χ0v) is 9.29. The van der Waals surface area contributed by atoms with Crippen molar-refractivity contribution in [3.8, 4) is 0 Å². The molecule has 0 radical (unpaired) electrons. The SMILES string of the molecule is Nc1nc(/C(C=O)=N/OCC(=O)O)c(Cl)s1. The fraction of sp³-hybridized carbons (Fsp3) is 0.143. The smallest absolute Gasteiger partial charge is 0.344 e. The number of thiazole rings is 1. The quantitative estimate of drug-likeness (QED) is 0.451. The summed E-state index contributed by atoms with van der Waals surface area (Å²) in [5.41, 5.74) is 5.23. The standard InChI is InChI=1S/C7H6ClN3O4S/c8-6-5(10-7(9)16-6)3(1-12)11-15-2-4(13)14/h1H,2H2,(H2,9,10)(H,13,14)/b11-3+. The number of aldehydes is 1. The summed E-state index contributed by atoms with van der Waals surface area (Å²) in [5.74, 6) is -1.21. The molecule has 0 amide bonds. The number of carboxylic acid groups (broad SMARTS) is 1. The Morgan fingerprint density at radius 2 is 2.44 bits per heavy atom. The van der Waals surface area contributed by atoms with E-state index in [0.717, 1.165) is 11.3 Å². The number of aliphatic carboxylic acids is 1. The first-order chi connectivity index (χ1) is 7.54. The average Bonchev–Trinajstić information content (AvgIpc) is 2.52. The van der Waals surface area contributed by atoms with Crippen LogP contribution in [0.2, 0.25) is 4.34 Å². The van der Waals surface area contributed by atoms with Gasteiger partial charge in [-0.2, -0.15) is 0 Å². The summed E-state index contributed by atoms with van der Waals surface area (Å²) in [4.78, 5) is 28.9. The van der Waals surface area contributed by atoms with Crippen molar-refractivity contribution in [3.05, 3.63) is 10.0 Å². The third-order valence-electron chi connectivity index (χ3n) is 1.31. The fourth-order valence-corrected chi connectivity index (χ4v) is 1.70. The molecule has 1 aromatic rings. The van der Waals surface area contributed by atoms with Crippen LogP contribution in [0, 0.1) is 0 Å². The molecule has 9 heteroatoms. The first-order valence-corrected chi connectivity index (χ1v) is 5.03. The summed E-state index contributed by atoms with van der Waals surface area (Å²) in [7, 11) is 0. The number of halogens is 1. The minimum Gasteiger partial charge on any atom is -0.479 e. The van der Waals surface area contributed by atoms with E-state index in [1.807, 2.05) is 0 Å². The molecule has 0 aliphatic rings. The van der Waals surface area contributed by atoms with Crippen LogP contribution in [0.5, 0.6) is 0 Å². The number of carbonyl (C=O) groups excluding carboxylic acids is 1. The summed E-state index contributed by atoms with van der Waals surface area (Å²) >= 11 is 6.70. The lowest BCUT2D eigenvalue weighted by Crippen LogP contribution is -2.09. The van der Waals surface area contributed by atoms with Gasteiger partial charge in [0.15, 0.2) is 17.1 Å². The number of nitrogen functional groups attached to an aromatic ring is 1. The average molecular weight is 264 g/mol. The molecule has 0 fully saturated rings. The first kappa shape index (κ1) is 12.4. The van der Waals surface area contributed by atoms with E-state index in [1.165, 1.54) is 0 Å². The maximum atomic E-state index is 10.6. The number of oxime groups is 1. The van der Waals surface area contributed by atoms with Gasteiger partial charge in [0.25, 0.3) is 0 Å². The number of hydrogen-bond donors (Lipinski definition) is 2. The van der Waals surface area contributed by atoms with Gasteiger partial charge in [0.05, 0.1) is 0 Å². The summed E-state index contributed by atoms with van der Waals surface area (Å²) in [6.07, 6.45) is 0.349. The van der Waals surface area contributed by atoms with E-state index in [9.17, 15) is 9.59 Å². The van der Waals surface area contributed by atoms with Crippen molar-refractivity contribution in [2.75, 3.05) is 12.3 Å². The zero-order valence-electron chi connectivity index (χ0n) is 7.71. The molecule has 0 aliphatic carbocycles. The highest BCUT2D eigenvalue weighted by atomic mass is 35.5. The molecule has 0 unspecified atom stereocenters. The topological polar surface area (TPSA) is 115 Å². The second-order valence-electron chi connectivity index (χ2n) is 2.44. The predicted octanol–water partition coefficient (Wildman–Crippen LogP) is 0.383. The van der Waals surface area contributed by atoms with Crippen LogP contribution >= 0.6 is 22.9 Å². The molecular formula is C7H6ClN3O4S. The third-order valence-corrected chi connectivity index (χ3v) is 2.39. The molecule has 3 N–H and O–H groups in total. The van der Waals surface area contributed by atoms with E-state index in [0.29, 0.717) is 6.29 Å². The van der Waals surface area contributed by atoms with Crippen LogP contribution in [0.1, 0.15) is 5.69 Å². The highest BCUT2D eigenvalue weighted by Gasteiger charge is 2.14. The van der Waals surface area contributed by atoms with E-state index in [-0.39, 0.29) is 20.9 Å². The molecule has 0 spiro atoms. The number of aromatic nitrogens is 1. The van der Waals surface area contributed by atoms with Crippen molar-refractivity contribution in [1.29, 1.82) is 0 Å². The first-order valence-electron chi connectivity index (χ1n) is 3.83. The number of hydrogen-bond acceptors (Lipinski definition) is 7.